The molecule has 0 N–H and O–H groups in total. The van der Waals surface area contributed by atoms with E-state index in [4.69, 9.17) is 14.2 Å². The van der Waals surface area contributed by atoms with Gasteiger partial charge in [-0.05, 0) is 48.0 Å². The third kappa shape index (κ3) is 7.32. The van der Waals surface area contributed by atoms with Gasteiger partial charge in [0.25, 0.3) is 0 Å². The van der Waals surface area contributed by atoms with Crippen molar-refractivity contribution < 1.29 is 23.8 Å². The van der Waals surface area contributed by atoms with Crippen LogP contribution in [0, 0.1) is 0 Å². The van der Waals surface area contributed by atoms with Crippen LogP contribution in [0.3, 0.4) is 0 Å². The zero-order valence-corrected chi connectivity index (χ0v) is 13.9. The highest BCUT2D eigenvalue weighted by molar-refractivity contribution is 5.71. The zero-order valence-electron chi connectivity index (χ0n) is 13.9. The third-order valence-electron chi connectivity index (χ3n) is 2.65. The Morgan fingerprint density at radius 2 is 1.62 bits per heavy atom. The van der Waals surface area contributed by atoms with Crippen LogP contribution in [0.15, 0.2) is 0 Å². The molecule has 6 nitrogen and oxygen atoms in total. The summed E-state index contributed by atoms with van der Waals surface area (Å²) in [7, 11) is 0. The Kier molecular flexibility index (Phi) is 5.61. The van der Waals surface area contributed by atoms with Gasteiger partial charge in [0.2, 0.25) is 0 Å². The first-order valence-corrected chi connectivity index (χ1v) is 7.28. The summed E-state index contributed by atoms with van der Waals surface area (Å²) in [5.41, 5.74) is -1.02. The molecule has 1 amide bonds. The topological polar surface area (TPSA) is 65.1 Å². The van der Waals surface area contributed by atoms with Crippen LogP contribution in [0.2, 0.25) is 0 Å². The second-order valence-corrected chi connectivity index (χ2v) is 7.23. The molecular formula is C15H27NO5. The minimum atomic E-state index is -0.515. The van der Waals surface area contributed by atoms with Gasteiger partial charge in [0.1, 0.15) is 17.8 Å². The zero-order chi connectivity index (χ0) is 16.3. The highest BCUT2D eigenvalue weighted by Crippen LogP contribution is 2.17. The maximum Gasteiger partial charge on any atom is 0.410 e. The van der Waals surface area contributed by atoms with Crippen LogP contribution >= 0.6 is 0 Å². The molecule has 1 fully saturated rings. The van der Waals surface area contributed by atoms with Gasteiger partial charge >= 0.3 is 12.1 Å². The molecule has 0 spiro atoms. The molecular weight excluding hydrogens is 274 g/mol. The van der Waals surface area contributed by atoms with Gasteiger partial charge in [-0.25, -0.2) is 9.59 Å². The first-order valence-electron chi connectivity index (χ1n) is 7.28. The van der Waals surface area contributed by atoms with E-state index in [1.54, 1.807) is 4.90 Å². The minimum Gasteiger partial charge on any atom is -0.458 e. The molecule has 1 unspecified atom stereocenters. The van der Waals surface area contributed by atoms with Crippen molar-refractivity contribution in [1.29, 1.82) is 0 Å². The fourth-order valence-electron chi connectivity index (χ4n) is 1.91. The lowest BCUT2D eigenvalue weighted by Gasteiger charge is -2.24. The average molecular weight is 301 g/mol. The molecule has 21 heavy (non-hydrogen) atoms. The number of carbonyl (C=O) groups is 2. The normalized spacial score (nSPS) is 19.5. The summed E-state index contributed by atoms with van der Waals surface area (Å²) in [5.74, 6) is -0.391. The molecule has 1 atom stereocenters. The quantitative estimate of drug-likeness (QED) is 0.749. The van der Waals surface area contributed by atoms with Gasteiger partial charge in [0.05, 0.1) is 12.6 Å². The number of nitrogens with zero attached hydrogens (tertiary/aromatic N) is 1. The summed E-state index contributed by atoms with van der Waals surface area (Å²) in [4.78, 5) is 25.1. The van der Waals surface area contributed by atoms with Crippen LogP contribution in [0.25, 0.3) is 0 Å². The fourth-order valence-corrected chi connectivity index (χ4v) is 1.91. The van der Waals surface area contributed by atoms with Crippen LogP contribution in [0.4, 0.5) is 4.79 Å². The second-order valence-electron chi connectivity index (χ2n) is 7.23. The summed E-state index contributed by atoms with van der Waals surface area (Å²) in [6.45, 7) is 11.8. The highest BCUT2D eigenvalue weighted by Gasteiger charge is 2.30. The van der Waals surface area contributed by atoms with Gasteiger partial charge in [-0.3, -0.25) is 0 Å². The predicted octanol–water partition coefficient (Wildman–Crippen LogP) is 2.35. The first kappa shape index (κ1) is 17.8. The van der Waals surface area contributed by atoms with Crippen molar-refractivity contribution in [1.82, 2.24) is 4.90 Å². The molecule has 6 heteroatoms. The third-order valence-corrected chi connectivity index (χ3v) is 2.65. The van der Waals surface area contributed by atoms with Crippen LogP contribution in [0.1, 0.15) is 48.0 Å². The van der Waals surface area contributed by atoms with Crippen molar-refractivity contribution in [2.24, 2.45) is 0 Å². The minimum absolute atomic E-state index is 0.0932. The van der Waals surface area contributed by atoms with E-state index in [-0.39, 0.29) is 18.8 Å². The molecule has 1 saturated heterocycles. The van der Waals surface area contributed by atoms with Crippen molar-refractivity contribution in [3.63, 3.8) is 0 Å². The van der Waals surface area contributed by atoms with Gasteiger partial charge in [-0.2, -0.15) is 0 Å². The molecule has 0 saturated carbocycles. The van der Waals surface area contributed by atoms with Gasteiger partial charge in [0.15, 0.2) is 0 Å². The lowest BCUT2D eigenvalue weighted by atomic mass is 10.2. The fraction of sp³-hybridized carbons (Fsp3) is 0.867. The summed E-state index contributed by atoms with van der Waals surface area (Å²) >= 11 is 0. The van der Waals surface area contributed by atoms with Crippen LogP contribution in [0.5, 0.6) is 0 Å². The van der Waals surface area contributed by atoms with E-state index in [1.165, 1.54) is 0 Å². The van der Waals surface area contributed by atoms with Crippen molar-refractivity contribution in [3.05, 3.63) is 0 Å². The largest absolute Gasteiger partial charge is 0.458 e. The van der Waals surface area contributed by atoms with Crippen LogP contribution < -0.4 is 0 Å². The Bertz CT molecular complexity index is 381. The van der Waals surface area contributed by atoms with Crippen molar-refractivity contribution in [2.75, 3.05) is 19.7 Å². The average Bonchev–Trinajstić information content (AvgIpc) is 2.70. The van der Waals surface area contributed by atoms with Gasteiger partial charge in [-0.15, -0.1) is 0 Å². The Morgan fingerprint density at radius 1 is 1.05 bits per heavy atom. The lowest BCUT2D eigenvalue weighted by molar-refractivity contribution is -0.162. The van der Waals surface area contributed by atoms with Gasteiger partial charge < -0.3 is 19.1 Å². The Hall–Kier alpha value is -1.30. The van der Waals surface area contributed by atoms with Crippen LogP contribution in [-0.2, 0) is 19.0 Å². The molecule has 1 aliphatic rings. The van der Waals surface area contributed by atoms with Gasteiger partial charge in [-0.1, -0.05) is 0 Å². The molecule has 0 aromatic rings. The van der Waals surface area contributed by atoms with Crippen molar-refractivity contribution in [3.8, 4) is 0 Å². The van der Waals surface area contributed by atoms with E-state index in [0.717, 1.165) is 0 Å². The van der Waals surface area contributed by atoms with E-state index in [1.807, 2.05) is 41.5 Å². The van der Waals surface area contributed by atoms with Crippen molar-refractivity contribution >= 4 is 12.1 Å². The molecule has 1 heterocycles. The van der Waals surface area contributed by atoms with Gasteiger partial charge in [0, 0.05) is 6.54 Å². The molecule has 0 aromatic carbocycles. The Labute approximate surface area is 126 Å². The van der Waals surface area contributed by atoms with E-state index in [0.29, 0.717) is 19.5 Å². The van der Waals surface area contributed by atoms with Crippen LogP contribution in [-0.4, -0.2) is 54.0 Å². The van der Waals surface area contributed by atoms with E-state index in [9.17, 15) is 9.59 Å². The lowest BCUT2D eigenvalue weighted by Crippen LogP contribution is -2.36. The molecule has 0 bridgehead atoms. The number of ether oxygens (including phenoxy) is 3. The summed E-state index contributed by atoms with van der Waals surface area (Å²) in [6, 6.07) is 0. The standard InChI is InChI=1S/C15H27NO5/c1-14(2,3)20-12(17)10-19-11-7-8-16(9-11)13(18)21-15(4,5)6/h11H,7-10H2,1-6H3. The Morgan fingerprint density at radius 3 is 2.14 bits per heavy atom. The summed E-state index contributed by atoms with van der Waals surface area (Å²) in [6.07, 6.45) is 0.207. The molecule has 0 radical (unpaired) electrons. The summed E-state index contributed by atoms with van der Waals surface area (Å²) < 4.78 is 16.0. The predicted molar refractivity (Wildman–Crippen MR) is 78.0 cm³/mol. The summed E-state index contributed by atoms with van der Waals surface area (Å²) in [5, 5.41) is 0. The van der Waals surface area contributed by atoms with E-state index >= 15 is 0 Å². The Balaban J connectivity index is 2.32. The number of hydrogen-bond donors (Lipinski definition) is 0. The first-order chi connectivity index (χ1) is 9.46. The number of hydrogen-bond acceptors (Lipinski definition) is 5. The SMILES string of the molecule is CC(C)(C)OC(=O)COC1CCN(C(=O)OC(C)(C)C)C1. The van der Waals surface area contributed by atoms with E-state index < -0.39 is 17.2 Å². The molecule has 0 aromatic heterocycles. The number of esters is 1. The maximum atomic E-state index is 11.9. The number of carbonyl (C=O) groups excluding carboxylic acids is 2. The highest BCUT2D eigenvalue weighted by atomic mass is 16.6. The molecule has 122 valence electrons. The van der Waals surface area contributed by atoms with Crippen molar-refractivity contribution in [2.45, 2.75) is 65.3 Å². The molecule has 0 aliphatic carbocycles. The van der Waals surface area contributed by atoms with E-state index in [2.05, 4.69) is 0 Å². The smallest absolute Gasteiger partial charge is 0.410 e. The maximum absolute atomic E-state index is 11.9. The molecule has 1 aliphatic heterocycles. The second kappa shape index (κ2) is 6.64. The molecule has 1 rings (SSSR count). The number of amides is 1. The number of rotatable bonds is 3. The number of likely N-dealkylation sites (tertiary alicyclic amines) is 1. The monoisotopic (exact) mass is 301 g/mol.